The number of H-pyrrole nitrogens is 1. The van der Waals surface area contributed by atoms with Crippen LogP contribution in [-0.4, -0.2) is 32.2 Å². The van der Waals surface area contributed by atoms with Crippen LogP contribution >= 0.6 is 12.2 Å². The Balaban J connectivity index is 1.94. The molecule has 0 aliphatic rings. The van der Waals surface area contributed by atoms with E-state index in [0.29, 0.717) is 21.6 Å². The lowest BCUT2D eigenvalue weighted by molar-refractivity contribution is 0.315. The van der Waals surface area contributed by atoms with Crippen LogP contribution in [0.15, 0.2) is 47.1 Å². The van der Waals surface area contributed by atoms with Crippen LogP contribution in [-0.2, 0) is 0 Å². The molecule has 4 rings (SSSR count). The molecule has 0 saturated heterocycles. The van der Waals surface area contributed by atoms with E-state index in [0.717, 1.165) is 17.0 Å². The molecule has 2 aromatic carbocycles. The molecule has 0 bridgehead atoms. The first kappa shape index (κ1) is 13.6. The predicted molar refractivity (Wildman–Crippen MR) is 86.1 cm³/mol. The van der Waals surface area contributed by atoms with E-state index in [1.807, 2.05) is 47.0 Å². The maximum atomic E-state index is 5.38. The molecule has 0 spiro atoms. The molecule has 8 heteroatoms. The normalized spacial score (nSPS) is 11.0. The van der Waals surface area contributed by atoms with Gasteiger partial charge >= 0.3 is 0 Å². The predicted octanol–water partition coefficient (Wildman–Crippen LogP) is 3.14. The van der Waals surface area contributed by atoms with E-state index in [4.69, 9.17) is 21.6 Å². The zero-order valence-electron chi connectivity index (χ0n) is 12.1. The topological polar surface area (TPSA) is 81.8 Å². The first-order valence-electron chi connectivity index (χ1n) is 6.81. The van der Waals surface area contributed by atoms with Gasteiger partial charge in [0.25, 0.3) is 0 Å². The van der Waals surface area contributed by atoms with Crippen LogP contribution in [0.5, 0.6) is 5.75 Å². The molecule has 2 heterocycles. The minimum atomic E-state index is 0.464. The molecule has 23 heavy (non-hydrogen) atoms. The fourth-order valence-corrected chi connectivity index (χ4v) is 2.66. The lowest BCUT2D eigenvalue weighted by Gasteiger charge is -2.07. The molecule has 7 nitrogen and oxygen atoms in total. The fourth-order valence-electron chi connectivity index (χ4n) is 2.43. The van der Waals surface area contributed by atoms with Gasteiger partial charge in [-0.05, 0) is 58.9 Å². The minimum absolute atomic E-state index is 0.464. The molecule has 0 saturated carbocycles. The Bertz CT molecular complexity index is 1030. The van der Waals surface area contributed by atoms with E-state index in [9.17, 15) is 0 Å². The molecular weight excluding hydrogens is 314 g/mol. The molecule has 0 radical (unpaired) electrons. The summed E-state index contributed by atoms with van der Waals surface area (Å²) in [5, 5.41) is 15.0. The van der Waals surface area contributed by atoms with Crippen molar-refractivity contribution in [1.29, 1.82) is 0 Å². The van der Waals surface area contributed by atoms with E-state index in [2.05, 4.69) is 20.5 Å². The zero-order chi connectivity index (χ0) is 15.8. The quantitative estimate of drug-likeness (QED) is 0.583. The Morgan fingerprint density at radius 1 is 1.13 bits per heavy atom. The first-order valence-corrected chi connectivity index (χ1v) is 7.22. The maximum absolute atomic E-state index is 5.38. The summed E-state index contributed by atoms with van der Waals surface area (Å²) >= 11 is 5.38. The second kappa shape index (κ2) is 5.33. The second-order valence-electron chi connectivity index (χ2n) is 4.83. The van der Waals surface area contributed by atoms with Crippen molar-refractivity contribution in [2.75, 3.05) is 7.11 Å². The third-order valence-electron chi connectivity index (χ3n) is 3.53. The van der Waals surface area contributed by atoms with E-state index < -0.39 is 0 Å². The van der Waals surface area contributed by atoms with Gasteiger partial charge < -0.3 is 4.74 Å². The number of methoxy groups -OCH3 is 1. The van der Waals surface area contributed by atoms with Crippen molar-refractivity contribution in [2.24, 2.45) is 0 Å². The first-order chi connectivity index (χ1) is 11.3. The highest BCUT2D eigenvalue weighted by Gasteiger charge is 2.15. The third-order valence-corrected chi connectivity index (χ3v) is 3.80. The highest BCUT2D eigenvalue weighted by atomic mass is 32.1. The monoisotopic (exact) mass is 325 g/mol. The maximum Gasteiger partial charge on any atom is 0.200 e. The number of ether oxygens (including phenoxy) is 1. The molecule has 0 aliphatic heterocycles. The van der Waals surface area contributed by atoms with Crippen LogP contribution < -0.4 is 4.74 Å². The number of hydrogen-bond donors (Lipinski definition) is 1. The Hall–Kier alpha value is -3.00. The number of hydrogen-bond acceptors (Lipinski definition) is 6. The van der Waals surface area contributed by atoms with Crippen LogP contribution in [0.1, 0.15) is 0 Å². The number of aromatic nitrogens is 5. The van der Waals surface area contributed by atoms with Crippen molar-refractivity contribution in [3.8, 4) is 22.8 Å². The zero-order valence-corrected chi connectivity index (χ0v) is 12.9. The van der Waals surface area contributed by atoms with Gasteiger partial charge in [0.2, 0.25) is 0 Å². The van der Waals surface area contributed by atoms with Gasteiger partial charge in [0.1, 0.15) is 11.3 Å². The molecule has 114 valence electrons. The van der Waals surface area contributed by atoms with Crippen LogP contribution in [0.4, 0.5) is 0 Å². The minimum Gasteiger partial charge on any atom is -0.497 e. The Morgan fingerprint density at radius 3 is 2.74 bits per heavy atom. The van der Waals surface area contributed by atoms with Gasteiger partial charge in [-0.3, -0.25) is 9.67 Å². The highest BCUT2D eigenvalue weighted by molar-refractivity contribution is 7.71. The van der Waals surface area contributed by atoms with Crippen molar-refractivity contribution in [3.05, 3.63) is 47.2 Å². The lowest BCUT2D eigenvalue weighted by atomic mass is 10.2. The van der Waals surface area contributed by atoms with Crippen molar-refractivity contribution >= 4 is 23.3 Å². The molecule has 4 aromatic rings. The van der Waals surface area contributed by atoms with Crippen molar-refractivity contribution in [3.63, 3.8) is 0 Å². The van der Waals surface area contributed by atoms with Gasteiger partial charge in [0.15, 0.2) is 16.1 Å². The van der Waals surface area contributed by atoms with Gasteiger partial charge in [-0.1, -0.05) is 6.07 Å². The van der Waals surface area contributed by atoms with Crippen LogP contribution in [0.3, 0.4) is 0 Å². The van der Waals surface area contributed by atoms with E-state index in [1.54, 1.807) is 7.11 Å². The van der Waals surface area contributed by atoms with Crippen LogP contribution in [0.25, 0.3) is 28.1 Å². The summed E-state index contributed by atoms with van der Waals surface area (Å²) < 4.78 is 12.3. The number of aromatic amines is 1. The van der Waals surface area contributed by atoms with Crippen molar-refractivity contribution < 1.29 is 9.37 Å². The molecule has 0 amide bonds. The summed E-state index contributed by atoms with van der Waals surface area (Å²) in [5.74, 6) is 1.45. The largest absolute Gasteiger partial charge is 0.497 e. The van der Waals surface area contributed by atoms with Gasteiger partial charge in [-0.2, -0.15) is 5.10 Å². The van der Waals surface area contributed by atoms with E-state index in [1.165, 1.54) is 0 Å². The second-order valence-corrected chi connectivity index (χ2v) is 5.21. The van der Waals surface area contributed by atoms with Gasteiger partial charge in [-0.25, -0.2) is 4.63 Å². The average molecular weight is 325 g/mol. The summed E-state index contributed by atoms with van der Waals surface area (Å²) in [6, 6.07) is 13.2. The number of fused-ring (bicyclic) bond motifs is 1. The molecule has 2 aromatic heterocycles. The molecule has 0 aliphatic carbocycles. The summed E-state index contributed by atoms with van der Waals surface area (Å²) in [7, 11) is 1.63. The Labute approximate surface area is 135 Å². The van der Waals surface area contributed by atoms with Gasteiger partial charge in [0.05, 0.1) is 12.8 Å². The van der Waals surface area contributed by atoms with Crippen molar-refractivity contribution in [1.82, 2.24) is 25.1 Å². The molecular formula is C15H11N5O2S. The average Bonchev–Trinajstić information content (AvgIpc) is 3.21. The summed E-state index contributed by atoms with van der Waals surface area (Å²) in [6.07, 6.45) is 0. The number of nitrogens with one attached hydrogen (secondary N) is 1. The number of nitrogens with zero attached hydrogens (tertiary/aromatic N) is 4. The fraction of sp³-hybridized carbons (Fsp3) is 0.0667. The SMILES string of the molecule is COc1ccc(-c2n[nH]c(=S)n2-c2cccc3nonc23)cc1. The summed E-state index contributed by atoms with van der Waals surface area (Å²) in [4.78, 5) is 0. The third kappa shape index (κ3) is 2.20. The highest BCUT2D eigenvalue weighted by Crippen LogP contribution is 2.26. The Morgan fingerprint density at radius 2 is 1.96 bits per heavy atom. The van der Waals surface area contributed by atoms with Crippen LogP contribution in [0, 0.1) is 4.77 Å². The van der Waals surface area contributed by atoms with E-state index in [-0.39, 0.29) is 0 Å². The Kier molecular flexibility index (Phi) is 3.16. The van der Waals surface area contributed by atoms with Gasteiger partial charge in [-0.15, -0.1) is 0 Å². The number of rotatable bonds is 3. The molecule has 1 N–H and O–H groups in total. The van der Waals surface area contributed by atoms with Crippen molar-refractivity contribution in [2.45, 2.75) is 0 Å². The molecule has 0 unspecified atom stereocenters. The standard InChI is InChI=1S/C15H11N5O2S/c1-21-10-7-5-9(6-8-10)14-16-17-15(23)20(14)12-4-2-3-11-13(12)19-22-18-11/h2-8H,1H3,(H,17,23). The smallest absolute Gasteiger partial charge is 0.200 e. The summed E-state index contributed by atoms with van der Waals surface area (Å²) in [5.41, 5.74) is 2.94. The summed E-state index contributed by atoms with van der Waals surface area (Å²) in [6.45, 7) is 0. The molecule has 0 atom stereocenters. The van der Waals surface area contributed by atoms with Crippen LogP contribution in [0.2, 0.25) is 0 Å². The lowest BCUT2D eigenvalue weighted by Crippen LogP contribution is -1.99. The van der Waals surface area contributed by atoms with E-state index >= 15 is 0 Å². The molecule has 0 fully saturated rings. The van der Waals surface area contributed by atoms with Gasteiger partial charge in [0, 0.05) is 5.56 Å². The number of benzene rings is 2.